The summed E-state index contributed by atoms with van der Waals surface area (Å²) in [6.07, 6.45) is -0.746. The summed E-state index contributed by atoms with van der Waals surface area (Å²) < 4.78 is 87.2. The fraction of sp³-hybridized carbons (Fsp3) is 0.485. The van der Waals surface area contributed by atoms with Crippen LogP contribution >= 0.6 is 22.9 Å². The molecule has 2 unspecified atom stereocenters. The van der Waals surface area contributed by atoms with Gasteiger partial charge in [-0.3, -0.25) is 4.90 Å². The zero-order chi connectivity index (χ0) is 33.5. The second kappa shape index (κ2) is 11.7. The molecule has 0 spiro atoms. The van der Waals surface area contributed by atoms with E-state index in [1.165, 1.54) is 6.07 Å². The SMILES string of the molecule is N#Cc1c(N)sc2c(F)ccc(-c3c(Cl)c4c5c(nc(OC[C@@]67CCCN6C[C@H](F)C7)nc5c3F)N3CCCC(C(F)F)CC3CO4)c12. The van der Waals surface area contributed by atoms with Crippen LogP contribution in [0, 0.1) is 28.9 Å². The number of benzene rings is 2. The Balaban J connectivity index is 1.33. The lowest BCUT2D eigenvalue weighted by Crippen LogP contribution is -2.43. The highest BCUT2D eigenvalue weighted by Crippen LogP contribution is 2.52. The summed E-state index contributed by atoms with van der Waals surface area (Å²) in [6, 6.07) is 3.77. The summed E-state index contributed by atoms with van der Waals surface area (Å²) in [6.45, 7) is 1.45. The maximum absolute atomic E-state index is 17.1. The summed E-state index contributed by atoms with van der Waals surface area (Å²) >= 11 is 7.85. The molecule has 4 aliphatic rings. The highest BCUT2D eigenvalue weighted by atomic mass is 35.5. The maximum atomic E-state index is 17.1. The predicted molar refractivity (Wildman–Crippen MR) is 173 cm³/mol. The minimum Gasteiger partial charge on any atom is -0.489 e. The molecule has 0 saturated carbocycles. The van der Waals surface area contributed by atoms with Gasteiger partial charge in [0, 0.05) is 36.4 Å². The van der Waals surface area contributed by atoms with E-state index in [4.69, 9.17) is 31.8 Å². The molecule has 0 bridgehead atoms. The van der Waals surface area contributed by atoms with Crippen molar-refractivity contribution >= 4 is 54.7 Å². The van der Waals surface area contributed by atoms with E-state index in [0.29, 0.717) is 32.4 Å². The van der Waals surface area contributed by atoms with Crippen molar-refractivity contribution in [2.45, 2.75) is 62.7 Å². The van der Waals surface area contributed by atoms with Gasteiger partial charge in [-0.2, -0.15) is 15.2 Å². The molecule has 3 saturated heterocycles. The molecule has 0 radical (unpaired) electrons. The molecular formula is C33H30ClF5N6O2S. The number of hydrogen-bond acceptors (Lipinski definition) is 9. The molecule has 8 nitrogen and oxygen atoms in total. The lowest BCUT2D eigenvalue weighted by molar-refractivity contribution is 0.0638. The van der Waals surface area contributed by atoms with Gasteiger partial charge in [0.15, 0.2) is 11.6 Å². The van der Waals surface area contributed by atoms with Crippen molar-refractivity contribution < 1.29 is 31.4 Å². The Kier molecular flexibility index (Phi) is 7.72. The van der Waals surface area contributed by atoms with Crippen molar-refractivity contribution in [3.63, 3.8) is 0 Å². The van der Waals surface area contributed by atoms with Gasteiger partial charge in [-0.1, -0.05) is 17.7 Å². The van der Waals surface area contributed by atoms with Crippen LogP contribution in [0.1, 0.15) is 44.1 Å². The molecule has 15 heteroatoms. The fourth-order valence-corrected chi connectivity index (χ4v) is 9.46. The zero-order valence-electron chi connectivity index (χ0n) is 25.5. The second-order valence-corrected chi connectivity index (χ2v) is 14.6. The van der Waals surface area contributed by atoms with E-state index >= 15 is 4.39 Å². The van der Waals surface area contributed by atoms with E-state index in [2.05, 4.69) is 9.88 Å². The summed E-state index contributed by atoms with van der Waals surface area (Å²) in [5.41, 5.74) is 5.24. The van der Waals surface area contributed by atoms with Crippen LogP contribution in [0.25, 0.3) is 32.1 Å². The minimum absolute atomic E-state index is 0.0197. The Morgan fingerprint density at radius 1 is 1.21 bits per heavy atom. The minimum atomic E-state index is -2.53. The molecule has 4 aliphatic heterocycles. The molecule has 4 aromatic rings. The largest absolute Gasteiger partial charge is 0.489 e. The number of alkyl halides is 3. The quantitative estimate of drug-likeness (QED) is 0.214. The van der Waals surface area contributed by atoms with Crippen LogP contribution < -0.4 is 20.1 Å². The number of nitriles is 1. The van der Waals surface area contributed by atoms with Gasteiger partial charge in [0.05, 0.1) is 32.3 Å². The molecule has 0 aliphatic carbocycles. The topological polar surface area (TPSA) is 101 Å². The summed E-state index contributed by atoms with van der Waals surface area (Å²) in [5, 5.41) is 10.1. The van der Waals surface area contributed by atoms with Crippen LogP contribution in [-0.4, -0.2) is 71.9 Å². The Labute approximate surface area is 281 Å². The standard InChI is InChI=1S/C33H30ClF5N6O2S/c34-24-22(18-4-5-20(36)28-21(18)19(11-40)30(41)48-28)25(37)26-23-27(24)46-13-17-9-15(29(38)39)3-1-8-45(17)31(23)43-32(42-26)47-14-33-6-2-7-44(33)12-16(35)10-33/h4-5,15-17,29H,1-3,6-10,12-14,41H2/t15?,16-,17?,33+/m1/s1. The Morgan fingerprint density at radius 3 is 2.83 bits per heavy atom. The van der Waals surface area contributed by atoms with Gasteiger partial charge in [0.25, 0.3) is 0 Å². The highest BCUT2D eigenvalue weighted by molar-refractivity contribution is 7.23. The number of nitrogens with two attached hydrogens (primary N) is 1. The highest BCUT2D eigenvalue weighted by Gasteiger charge is 2.49. The van der Waals surface area contributed by atoms with Crippen molar-refractivity contribution in [2.24, 2.45) is 5.92 Å². The average molecular weight is 705 g/mol. The number of nitrogens with zero attached hydrogens (tertiary/aromatic N) is 5. The zero-order valence-corrected chi connectivity index (χ0v) is 27.1. The third-order valence-electron chi connectivity index (χ3n) is 10.4. The Morgan fingerprint density at radius 2 is 2.04 bits per heavy atom. The third-order valence-corrected chi connectivity index (χ3v) is 11.8. The van der Waals surface area contributed by atoms with Crippen LogP contribution in [0.15, 0.2) is 12.1 Å². The summed E-state index contributed by atoms with van der Waals surface area (Å²) in [4.78, 5) is 13.2. The third kappa shape index (κ3) is 4.83. The second-order valence-electron chi connectivity index (χ2n) is 13.1. The molecule has 48 heavy (non-hydrogen) atoms. The molecule has 2 N–H and O–H groups in total. The van der Waals surface area contributed by atoms with Crippen molar-refractivity contribution in [3.05, 3.63) is 34.4 Å². The lowest BCUT2D eigenvalue weighted by Gasteiger charge is -2.32. The molecule has 2 aromatic carbocycles. The molecule has 4 atom stereocenters. The molecule has 252 valence electrons. The van der Waals surface area contributed by atoms with E-state index in [-0.39, 0.29) is 84.9 Å². The number of aromatic nitrogens is 2. The maximum Gasteiger partial charge on any atom is 0.319 e. The van der Waals surface area contributed by atoms with E-state index in [1.54, 1.807) is 0 Å². The molecule has 6 heterocycles. The number of halogens is 6. The summed E-state index contributed by atoms with van der Waals surface area (Å²) in [5.74, 6) is -2.11. The first-order valence-corrected chi connectivity index (χ1v) is 17.1. The molecule has 2 aromatic heterocycles. The van der Waals surface area contributed by atoms with Crippen LogP contribution in [0.4, 0.5) is 32.8 Å². The fourth-order valence-electron chi connectivity index (χ4n) is 8.18. The van der Waals surface area contributed by atoms with Gasteiger partial charge in [-0.05, 0) is 50.3 Å². The van der Waals surface area contributed by atoms with Gasteiger partial charge in [-0.15, -0.1) is 11.3 Å². The van der Waals surface area contributed by atoms with Gasteiger partial charge >= 0.3 is 6.01 Å². The normalized spacial score (nSPS) is 25.5. The average Bonchev–Trinajstić information content (AvgIpc) is 3.59. The van der Waals surface area contributed by atoms with Gasteiger partial charge in [-0.25, -0.2) is 22.0 Å². The smallest absolute Gasteiger partial charge is 0.319 e. The lowest BCUT2D eigenvalue weighted by atomic mass is 9.95. The number of ether oxygens (including phenoxy) is 2. The first-order chi connectivity index (χ1) is 23.1. The number of nitrogen functional groups attached to an aromatic ring is 1. The molecule has 3 fully saturated rings. The Bertz CT molecular complexity index is 2010. The number of anilines is 2. The van der Waals surface area contributed by atoms with E-state index in [9.17, 15) is 22.8 Å². The van der Waals surface area contributed by atoms with Gasteiger partial charge < -0.3 is 20.1 Å². The van der Waals surface area contributed by atoms with Crippen molar-refractivity contribution in [3.8, 4) is 29.0 Å². The van der Waals surface area contributed by atoms with Crippen molar-refractivity contribution in [1.29, 1.82) is 5.26 Å². The van der Waals surface area contributed by atoms with E-state index < -0.39 is 41.7 Å². The number of hydrogen-bond donors (Lipinski definition) is 1. The van der Waals surface area contributed by atoms with E-state index in [0.717, 1.165) is 36.8 Å². The monoisotopic (exact) mass is 704 g/mol. The Hall–Kier alpha value is -3.67. The van der Waals surface area contributed by atoms with Crippen LogP contribution in [0.5, 0.6) is 11.8 Å². The molecule has 8 rings (SSSR count). The van der Waals surface area contributed by atoms with Gasteiger partial charge in [0.2, 0.25) is 6.43 Å². The first-order valence-electron chi connectivity index (χ1n) is 15.9. The van der Waals surface area contributed by atoms with E-state index in [1.807, 2.05) is 11.0 Å². The number of thiophene rings is 1. The van der Waals surface area contributed by atoms with Gasteiger partial charge in [0.1, 0.15) is 47.6 Å². The predicted octanol–water partition coefficient (Wildman–Crippen LogP) is 7.48. The van der Waals surface area contributed by atoms with Crippen LogP contribution in [-0.2, 0) is 0 Å². The van der Waals surface area contributed by atoms with Crippen molar-refractivity contribution in [2.75, 3.05) is 43.5 Å². The first kappa shape index (κ1) is 31.6. The van der Waals surface area contributed by atoms with Crippen LogP contribution in [0.3, 0.4) is 0 Å². The number of rotatable bonds is 5. The molecular weight excluding hydrogens is 675 g/mol. The number of fused-ring (bicyclic) bond motifs is 4. The van der Waals surface area contributed by atoms with Crippen molar-refractivity contribution in [1.82, 2.24) is 14.9 Å². The van der Waals surface area contributed by atoms with Crippen LogP contribution in [0.2, 0.25) is 5.02 Å². The summed E-state index contributed by atoms with van der Waals surface area (Å²) in [7, 11) is 0. The molecule has 0 amide bonds.